The van der Waals surface area contributed by atoms with Crippen molar-refractivity contribution in [2.24, 2.45) is 0 Å². The number of rotatable bonds is 7. The summed E-state index contributed by atoms with van der Waals surface area (Å²) in [7, 11) is 2.09. The van der Waals surface area contributed by atoms with Gasteiger partial charge in [-0.25, -0.2) is 4.39 Å². The molecule has 2 atom stereocenters. The van der Waals surface area contributed by atoms with E-state index in [9.17, 15) is 14.4 Å². The van der Waals surface area contributed by atoms with E-state index >= 15 is 0 Å². The van der Waals surface area contributed by atoms with Gasteiger partial charge >= 0.3 is 6.01 Å². The number of hydrogen-bond donors (Lipinski definition) is 1. The Bertz CT molecular complexity index is 1760. The lowest BCUT2D eigenvalue weighted by molar-refractivity contribution is -0.131. The molecule has 0 spiro atoms. The first kappa shape index (κ1) is 28.5. The van der Waals surface area contributed by atoms with Crippen LogP contribution in [0.2, 0.25) is 0 Å². The zero-order valence-electron chi connectivity index (χ0n) is 24.6. The Balaban J connectivity index is 1.42. The number of likely N-dealkylation sites (tertiary alicyclic amines) is 1. The van der Waals surface area contributed by atoms with Gasteiger partial charge in [-0.1, -0.05) is 6.58 Å². The number of benzene rings is 1. The molecule has 12 heteroatoms. The maximum atomic E-state index is 13.8. The van der Waals surface area contributed by atoms with Gasteiger partial charge in [0.1, 0.15) is 12.1 Å². The minimum atomic E-state index is -1.04. The Kier molecular flexibility index (Phi) is 7.66. The highest BCUT2D eigenvalue weighted by Crippen LogP contribution is 2.36. The molecule has 1 amide bonds. The van der Waals surface area contributed by atoms with Crippen LogP contribution in [0.1, 0.15) is 30.4 Å². The number of aromatic nitrogens is 5. The highest BCUT2D eigenvalue weighted by molar-refractivity contribution is 5.99. The number of anilines is 1. The maximum absolute atomic E-state index is 13.8. The summed E-state index contributed by atoms with van der Waals surface area (Å²) in [5.41, 5.74) is 6.31. The number of likely N-dealkylation sites (N-methyl/N-ethyl adjacent to an activating group) is 1. The number of hydrogen-bond acceptors (Lipinski definition) is 9. The third kappa shape index (κ3) is 5.36. The lowest BCUT2D eigenvalue weighted by Crippen LogP contribution is -2.55. The summed E-state index contributed by atoms with van der Waals surface area (Å²) < 4.78 is 20.0. The van der Waals surface area contributed by atoms with E-state index in [-0.39, 0.29) is 31.6 Å². The summed E-state index contributed by atoms with van der Waals surface area (Å²) in [5.74, 6) is -1.28. The number of nitriles is 1. The highest BCUT2D eigenvalue weighted by Gasteiger charge is 2.33. The molecular weight excluding hydrogens is 549 g/mol. The fourth-order valence-corrected chi connectivity index (χ4v) is 6.22. The van der Waals surface area contributed by atoms with Gasteiger partial charge in [-0.3, -0.25) is 14.9 Å². The normalized spacial score (nSPS) is 19.2. The van der Waals surface area contributed by atoms with Crippen LogP contribution in [0, 0.1) is 25.2 Å². The van der Waals surface area contributed by atoms with Gasteiger partial charge < -0.3 is 19.4 Å². The monoisotopic (exact) mass is 583 g/mol. The van der Waals surface area contributed by atoms with Crippen molar-refractivity contribution in [3.05, 3.63) is 48.1 Å². The number of carbonyl (C=O) groups excluding carboxylic acids is 1. The molecule has 0 saturated carbocycles. The number of amides is 1. The number of carbonyl (C=O) groups is 1. The molecule has 2 fully saturated rings. The molecule has 1 aromatic carbocycles. The van der Waals surface area contributed by atoms with Crippen LogP contribution in [0.25, 0.3) is 33.1 Å². The van der Waals surface area contributed by atoms with Crippen molar-refractivity contribution in [3.8, 4) is 23.2 Å². The van der Waals surface area contributed by atoms with E-state index in [4.69, 9.17) is 19.7 Å². The highest BCUT2D eigenvalue weighted by atomic mass is 19.1. The standard InChI is InChI=1S/C31H34FN9O2/c1-18-12-25-24(15-35-38-25)27(19(18)2)21-13-26-28(34-14-21)29(37-31(36-26)43-17-23-6-5-9-39(23)4)40-10-11-41(30(42)20(3)32)22(16-40)7-8-33/h12-15,22-23H,3,5-7,9-11,16-17H2,1-2,4H3,(H,35,38)/t22-,23?/m0/s1. The Morgan fingerprint density at radius 2 is 2.05 bits per heavy atom. The molecule has 222 valence electrons. The molecule has 2 aliphatic heterocycles. The van der Waals surface area contributed by atoms with E-state index in [2.05, 4.69) is 54.7 Å². The van der Waals surface area contributed by atoms with Crippen LogP contribution in [0.4, 0.5) is 10.2 Å². The average molecular weight is 584 g/mol. The van der Waals surface area contributed by atoms with Crippen molar-refractivity contribution in [1.82, 2.24) is 34.9 Å². The molecule has 3 aromatic heterocycles. The molecule has 6 rings (SSSR count). The lowest BCUT2D eigenvalue weighted by atomic mass is 9.94. The van der Waals surface area contributed by atoms with E-state index in [1.807, 2.05) is 23.4 Å². The Morgan fingerprint density at radius 3 is 2.79 bits per heavy atom. The van der Waals surface area contributed by atoms with E-state index < -0.39 is 17.8 Å². The molecule has 1 unspecified atom stereocenters. The lowest BCUT2D eigenvalue weighted by Gasteiger charge is -2.41. The number of pyridine rings is 1. The third-order valence-electron chi connectivity index (χ3n) is 8.73. The van der Waals surface area contributed by atoms with Crippen LogP contribution in [-0.4, -0.2) is 92.8 Å². The van der Waals surface area contributed by atoms with E-state index in [1.165, 1.54) is 4.90 Å². The summed E-state index contributed by atoms with van der Waals surface area (Å²) >= 11 is 0. The zero-order chi connectivity index (χ0) is 30.2. The van der Waals surface area contributed by atoms with Gasteiger partial charge in [-0.15, -0.1) is 0 Å². The predicted octanol–water partition coefficient (Wildman–Crippen LogP) is 4.07. The smallest absolute Gasteiger partial charge is 0.319 e. The number of halogens is 1. The van der Waals surface area contributed by atoms with Crippen molar-refractivity contribution >= 4 is 33.7 Å². The quantitative estimate of drug-likeness (QED) is 0.320. The molecule has 0 aliphatic carbocycles. The van der Waals surface area contributed by atoms with Gasteiger partial charge in [0.15, 0.2) is 11.6 Å². The summed E-state index contributed by atoms with van der Waals surface area (Å²) in [5, 5.41) is 17.8. The fraction of sp³-hybridized carbons (Fsp3) is 0.419. The van der Waals surface area contributed by atoms with Crippen LogP contribution in [-0.2, 0) is 4.79 Å². The van der Waals surface area contributed by atoms with Crippen molar-refractivity contribution in [2.45, 2.75) is 45.2 Å². The number of piperazine rings is 1. The van der Waals surface area contributed by atoms with E-state index in [0.29, 0.717) is 30.0 Å². The summed E-state index contributed by atoms with van der Waals surface area (Å²) in [6.45, 7) is 9.66. The molecular formula is C31H34FN9O2. The SMILES string of the molecule is C=C(F)C(=O)N1CCN(c2nc(OCC3CCCN3C)nc3cc(-c4c(C)c(C)cc5[nH]ncc45)cnc23)C[C@@H]1CC#N. The van der Waals surface area contributed by atoms with Gasteiger partial charge in [-0.05, 0) is 69.1 Å². The zero-order valence-corrected chi connectivity index (χ0v) is 24.6. The number of fused-ring (bicyclic) bond motifs is 2. The number of aromatic amines is 1. The molecule has 0 radical (unpaired) electrons. The molecule has 43 heavy (non-hydrogen) atoms. The first-order chi connectivity index (χ1) is 20.7. The second kappa shape index (κ2) is 11.6. The largest absolute Gasteiger partial charge is 0.462 e. The van der Waals surface area contributed by atoms with E-state index in [1.54, 1.807) is 0 Å². The molecule has 1 N–H and O–H groups in total. The van der Waals surface area contributed by atoms with Crippen molar-refractivity contribution in [3.63, 3.8) is 0 Å². The molecule has 0 bridgehead atoms. The molecule has 2 aliphatic rings. The second-order valence-corrected chi connectivity index (χ2v) is 11.4. The number of aryl methyl sites for hydroxylation is 1. The molecule has 5 heterocycles. The molecule has 11 nitrogen and oxygen atoms in total. The predicted molar refractivity (Wildman–Crippen MR) is 161 cm³/mol. The number of nitrogens with zero attached hydrogens (tertiary/aromatic N) is 8. The van der Waals surface area contributed by atoms with Crippen molar-refractivity contribution < 1.29 is 13.9 Å². The van der Waals surface area contributed by atoms with Gasteiger partial charge in [0, 0.05) is 42.8 Å². The first-order valence-corrected chi connectivity index (χ1v) is 14.5. The van der Waals surface area contributed by atoms with Crippen LogP contribution in [0.5, 0.6) is 6.01 Å². The van der Waals surface area contributed by atoms with Gasteiger partial charge in [0.2, 0.25) is 0 Å². The maximum Gasteiger partial charge on any atom is 0.319 e. The average Bonchev–Trinajstić information content (AvgIpc) is 3.63. The van der Waals surface area contributed by atoms with Crippen molar-refractivity contribution in [1.29, 1.82) is 5.26 Å². The number of ether oxygens (including phenoxy) is 1. The Labute approximate surface area is 249 Å². The minimum Gasteiger partial charge on any atom is -0.462 e. The van der Waals surface area contributed by atoms with Gasteiger partial charge in [-0.2, -0.15) is 20.3 Å². The second-order valence-electron chi connectivity index (χ2n) is 11.4. The topological polar surface area (TPSA) is 127 Å². The Morgan fingerprint density at radius 1 is 1.21 bits per heavy atom. The third-order valence-corrected chi connectivity index (χ3v) is 8.73. The fourth-order valence-electron chi connectivity index (χ4n) is 6.22. The van der Waals surface area contributed by atoms with Crippen LogP contribution in [0.3, 0.4) is 0 Å². The summed E-state index contributed by atoms with van der Waals surface area (Å²) in [6, 6.07) is 6.19. The van der Waals surface area contributed by atoms with Gasteiger partial charge in [0.25, 0.3) is 5.91 Å². The van der Waals surface area contributed by atoms with Crippen molar-refractivity contribution in [2.75, 3.05) is 44.7 Å². The van der Waals surface area contributed by atoms with Crippen LogP contribution < -0.4 is 9.64 Å². The van der Waals surface area contributed by atoms with Crippen LogP contribution >= 0.6 is 0 Å². The summed E-state index contributed by atoms with van der Waals surface area (Å²) in [6.07, 6.45) is 5.84. The first-order valence-electron chi connectivity index (χ1n) is 14.5. The number of nitrogens with one attached hydrogen (secondary N) is 1. The number of H-pyrrole nitrogens is 1. The Hall–Kier alpha value is -4.63. The molecule has 2 saturated heterocycles. The summed E-state index contributed by atoms with van der Waals surface area (Å²) in [4.78, 5) is 32.6. The van der Waals surface area contributed by atoms with Crippen LogP contribution in [0.15, 0.2) is 36.9 Å². The van der Waals surface area contributed by atoms with E-state index in [0.717, 1.165) is 52.5 Å². The molecule has 4 aromatic rings. The minimum absolute atomic E-state index is 0.0425. The van der Waals surface area contributed by atoms with Gasteiger partial charge in [0.05, 0.1) is 35.8 Å².